The molecule has 0 aromatic heterocycles. The monoisotopic (exact) mass is 296 g/mol. The van der Waals surface area contributed by atoms with Gasteiger partial charge in [0.05, 0.1) is 15.7 Å². The molecule has 0 bridgehead atoms. The van der Waals surface area contributed by atoms with E-state index in [0.717, 1.165) is 18.4 Å². The molecule has 1 rings (SSSR count). The predicted molar refractivity (Wildman–Crippen MR) is 84.0 cm³/mol. The zero-order valence-electron chi connectivity index (χ0n) is 12.6. The highest BCUT2D eigenvalue weighted by Crippen LogP contribution is 2.20. The number of benzene rings is 1. The van der Waals surface area contributed by atoms with Crippen molar-refractivity contribution in [1.82, 2.24) is 5.32 Å². The Morgan fingerprint density at radius 1 is 1.40 bits per heavy atom. The molecule has 0 spiro atoms. The van der Waals surface area contributed by atoms with Gasteiger partial charge in [0.2, 0.25) is 5.91 Å². The minimum atomic E-state index is -1.44. The minimum absolute atomic E-state index is 0.0994. The number of aryl methyl sites for hydroxylation is 1. The topological polar surface area (TPSA) is 72.2 Å². The van der Waals surface area contributed by atoms with Crippen molar-refractivity contribution in [2.75, 3.05) is 5.73 Å². The van der Waals surface area contributed by atoms with Gasteiger partial charge in [-0.15, -0.1) is 0 Å². The van der Waals surface area contributed by atoms with Crippen LogP contribution in [0.5, 0.6) is 0 Å². The molecular formula is C15H24N2O2S. The molecular weight excluding hydrogens is 272 g/mol. The molecule has 0 aliphatic rings. The fourth-order valence-corrected chi connectivity index (χ4v) is 3.14. The Morgan fingerprint density at radius 2 is 2.05 bits per heavy atom. The summed E-state index contributed by atoms with van der Waals surface area (Å²) >= 11 is 0. The Bertz CT molecular complexity index is 503. The summed E-state index contributed by atoms with van der Waals surface area (Å²) in [5, 5.41) is 2.28. The Morgan fingerprint density at radius 3 is 2.60 bits per heavy atom. The smallest absolute Gasteiger partial charge is 0.236 e. The molecule has 0 saturated heterocycles. The maximum Gasteiger partial charge on any atom is 0.236 e. The second kappa shape index (κ2) is 7.43. The SMILES string of the molecule is CCCC(C)NC(=O)C(C)S(=O)c1ccc(C)cc1N. The molecule has 1 aromatic rings. The molecule has 1 amide bonds. The van der Waals surface area contributed by atoms with E-state index in [1.54, 1.807) is 19.1 Å². The Hall–Kier alpha value is -1.36. The second-order valence-corrected chi connectivity index (χ2v) is 6.92. The number of nitrogens with one attached hydrogen (secondary N) is 1. The quantitative estimate of drug-likeness (QED) is 0.792. The average Bonchev–Trinajstić information content (AvgIpc) is 2.37. The van der Waals surface area contributed by atoms with E-state index in [4.69, 9.17) is 5.73 Å². The normalized spacial score (nSPS) is 15.4. The molecule has 0 heterocycles. The van der Waals surface area contributed by atoms with Gasteiger partial charge in [-0.25, -0.2) is 0 Å². The molecule has 0 aliphatic heterocycles. The summed E-state index contributed by atoms with van der Waals surface area (Å²) in [6, 6.07) is 5.47. The third-order valence-corrected chi connectivity index (χ3v) is 4.84. The molecule has 0 fully saturated rings. The largest absolute Gasteiger partial charge is 0.398 e. The van der Waals surface area contributed by atoms with Gasteiger partial charge in [0.25, 0.3) is 0 Å². The van der Waals surface area contributed by atoms with Crippen molar-refractivity contribution in [1.29, 1.82) is 0 Å². The van der Waals surface area contributed by atoms with Crippen LogP contribution in [-0.2, 0) is 15.6 Å². The summed E-state index contributed by atoms with van der Waals surface area (Å²) in [6.45, 7) is 7.61. The summed E-state index contributed by atoms with van der Waals surface area (Å²) in [5.41, 5.74) is 7.37. The highest BCUT2D eigenvalue weighted by Gasteiger charge is 2.23. The van der Waals surface area contributed by atoms with E-state index in [0.29, 0.717) is 10.6 Å². The molecule has 3 atom stereocenters. The van der Waals surface area contributed by atoms with Gasteiger partial charge < -0.3 is 11.1 Å². The Balaban J connectivity index is 2.78. The van der Waals surface area contributed by atoms with E-state index >= 15 is 0 Å². The van der Waals surface area contributed by atoms with E-state index in [2.05, 4.69) is 12.2 Å². The number of anilines is 1. The maximum absolute atomic E-state index is 12.4. The Kier molecular flexibility index (Phi) is 6.20. The highest BCUT2D eigenvalue weighted by molar-refractivity contribution is 7.86. The van der Waals surface area contributed by atoms with Gasteiger partial charge in [-0.05, 0) is 44.9 Å². The number of carbonyl (C=O) groups excluding carboxylic acids is 1. The molecule has 20 heavy (non-hydrogen) atoms. The van der Waals surface area contributed by atoms with Crippen LogP contribution < -0.4 is 11.1 Å². The molecule has 0 aliphatic carbocycles. The number of rotatable bonds is 6. The van der Waals surface area contributed by atoms with Gasteiger partial charge in [0.15, 0.2) is 0 Å². The van der Waals surface area contributed by atoms with Crippen LogP contribution in [0.4, 0.5) is 5.69 Å². The maximum atomic E-state index is 12.4. The van der Waals surface area contributed by atoms with E-state index in [1.165, 1.54) is 0 Å². The van der Waals surface area contributed by atoms with Crippen LogP contribution in [0.1, 0.15) is 39.2 Å². The number of amides is 1. The number of nitrogen functional groups attached to an aromatic ring is 1. The van der Waals surface area contributed by atoms with Crippen LogP contribution in [0.3, 0.4) is 0 Å². The van der Waals surface area contributed by atoms with Crippen molar-refractivity contribution in [2.45, 2.75) is 56.7 Å². The van der Waals surface area contributed by atoms with Crippen LogP contribution >= 0.6 is 0 Å². The number of hydrogen-bond donors (Lipinski definition) is 2. The van der Waals surface area contributed by atoms with Crippen LogP contribution in [0.25, 0.3) is 0 Å². The zero-order chi connectivity index (χ0) is 15.3. The van der Waals surface area contributed by atoms with Crippen molar-refractivity contribution in [3.05, 3.63) is 23.8 Å². The summed E-state index contributed by atoms with van der Waals surface area (Å²) in [5.74, 6) is -0.191. The standard InChI is InChI=1S/C15H24N2O2S/c1-5-6-11(3)17-15(18)12(4)20(19)14-8-7-10(2)9-13(14)16/h7-9,11-12H,5-6,16H2,1-4H3,(H,17,18). The van der Waals surface area contributed by atoms with Gasteiger partial charge in [-0.2, -0.15) is 0 Å². The fourth-order valence-electron chi connectivity index (χ4n) is 2.00. The summed E-state index contributed by atoms with van der Waals surface area (Å²) < 4.78 is 12.4. The van der Waals surface area contributed by atoms with E-state index < -0.39 is 16.0 Å². The van der Waals surface area contributed by atoms with Crippen molar-refractivity contribution in [3.63, 3.8) is 0 Å². The van der Waals surface area contributed by atoms with Crippen molar-refractivity contribution < 1.29 is 9.00 Å². The lowest BCUT2D eigenvalue weighted by Gasteiger charge is -2.17. The molecule has 1 aromatic carbocycles. The van der Waals surface area contributed by atoms with E-state index in [1.807, 2.05) is 19.9 Å². The first-order valence-corrected chi connectivity index (χ1v) is 8.15. The lowest BCUT2D eigenvalue weighted by Crippen LogP contribution is -2.40. The zero-order valence-corrected chi connectivity index (χ0v) is 13.4. The predicted octanol–water partition coefficient (Wildman–Crippen LogP) is 2.38. The number of hydrogen-bond acceptors (Lipinski definition) is 3. The van der Waals surface area contributed by atoms with Crippen LogP contribution in [0, 0.1) is 6.92 Å². The van der Waals surface area contributed by atoms with Crippen LogP contribution in [0.15, 0.2) is 23.1 Å². The van der Waals surface area contributed by atoms with E-state index in [-0.39, 0.29) is 11.9 Å². The molecule has 0 radical (unpaired) electrons. The lowest BCUT2D eigenvalue weighted by molar-refractivity contribution is -0.121. The molecule has 5 heteroatoms. The molecule has 0 saturated carbocycles. The number of carbonyl (C=O) groups is 1. The molecule has 3 unspecified atom stereocenters. The van der Waals surface area contributed by atoms with Gasteiger partial charge in [-0.1, -0.05) is 19.4 Å². The summed E-state index contributed by atoms with van der Waals surface area (Å²) in [6.07, 6.45) is 1.92. The first-order valence-electron chi connectivity index (χ1n) is 6.93. The van der Waals surface area contributed by atoms with Crippen LogP contribution in [0.2, 0.25) is 0 Å². The van der Waals surface area contributed by atoms with Crippen molar-refractivity contribution in [2.24, 2.45) is 0 Å². The van der Waals surface area contributed by atoms with Gasteiger partial charge in [-0.3, -0.25) is 9.00 Å². The third kappa shape index (κ3) is 4.34. The first kappa shape index (κ1) is 16.7. The van der Waals surface area contributed by atoms with E-state index in [9.17, 15) is 9.00 Å². The lowest BCUT2D eigenvalue weighted by atomic mass is 10.2. The van der Waals surface area contributed by atoms with Crippen molar-refractivity contribution >= 4 is 22.4 Å². The Labute approximate surface area is 123 Å². The third-order valence-electron chi connectivity index (χ3n) is 3.18. The molecule has 112 valence electrons. The van der Waals surface area contributed by atoms with Gasteiger partial charge >= 0.3 is 0 Å². The van der Waals surface area contributed by atoms with Gasteiger partial charge in [0, 0.05) is 11.7 Å². The average molecular weight is 296 g/mol. The summed E-state index contributed by atoms with van der Waals surface area (Å²) in [4.78, 5) is 12.6. The second-order valence-electron chi connectivity index (χ2n) is 5.18. The number of nitrogens with two attached hydrogens (primary N) is 1. The minimum Gasteiger partial charge on any atom is -0.398 e. The molecule has 4 nitrogen and oxygen atoms in total. The van der Waals surface area contributed by atoms with Crippen LogP contribution in [-0.4, -0.2) is 21.4 Å². The summed E-state index contributed by atoms with van der Waals surface area (Å²) in [7, 11) is -1.44. The fraction of sp³-hybridized carbons (Fsp3) is 0.533. The highest BCUT2D eigenvalue weighted by atomic mass is 32.2. The first-order chi connectivity index (χ1) is 9.36. The van der Waals surface area contributed by atoms with Crippen molar-refractivity contribution in [3.8, 4) is 0 Å². The van der Waals surface area contributed by atoms with Gasteiger partial charge in [0.1, 0.15) is 5.25 Å². The molecule has 3 N–H and O–H groups in total.